The second kappa shape index (κ2) is 7.56. The van der Waals surface area contributed by atoms with Crippen molar-refractivity contribution in [2.45, 2.75) is 17.7 Å². The van der Waals surface area contributed by atoms with E-state index in [1.165, 1.54) is 12.1 Å². The van der Waals surface area contributed by atoms with E-state index in [1.807, 2.05) is 6.92 Å². The minimum absolute atomic E-state index is 0.0376. The molecule has 5 nitrogen and oxygen atoms in total. The Labute approximate surface area is 169 Å². The summed E-state index contributed by atoms with van der Waals surface area (Å²) in [4.78, 5) is 10.8. The Kier molecular flexibility index (Phi) is 5.58. The van der Waals surface area contributed by atoms with Gasteiger partial charge in [0.1, 0.15) is 16.5 Å². The van der Waals surface area contributed by atoms with E-state index in [0.717, 1.165) is 17.3 Å². The van der Waals surface area contributed by atoms with Crippen LogP contribution in [0.5, 0.6) is 17.2 Å². The van der Waals surface area contributed by atoms with Crippen LogP contribution in [0.3, 0.4) is 0 Å². The minimum Gasteiger partial charge on any atom is -0.460 e. The average Bonchev–Trinajstić information content (AvgIpc) is 2.84. The predicted molar refractivity (Wildman–Crippen MR) is 105 cm³/mol. The lowest BCUT2D eigenvalue weighted by molar-refractivity contribution is -0.385. The Morgan fingerprint density at radius 1 is 1.19 bits per heavy atom. The summed E-state index contributed by atoms with van der Waals surface area (Å²) in [5.74, 6) is 0.468. The predicted octanol–water partition coefficient (Wildman–Crippen LogP) is 6.92. The molecule has 0 saturated carbocycles. The smallest absolute Gasteiger partial charge is 0.313 e. The molecule has 1 heterocycles. The summed E-state index contributed by atoms with van der Waals surface area (Å²) in [5.41, 5.74) is 0.617. The third-order valence-electron chi connectivity index (χ3n) is 3.52. The van der Waals surface area contributed by atoms with Gasteiger partial charge >= 0.3 is 5.69 Å². The van der Waals surface area contributed by atoms with Crippen molar-refractivity contribution in [2.24, 2.45) is 0 Å². The molecule has 0 aliphatic carbocycles. The van der Waals surface area contributed by atoms with Crippen molar-refractivity contribution in [3.63, 3.8) is 0 Å². The normalized spacial score (nSPS) is 19.5. The maximum Gasteiger partial charge on any atom is 0.313 e. The lowest BCUT2D eigenvalue weighted by Gasteiger charge is -2.23. The van der Waals surface area contributed by atoms with Crippen molar-refractivity contribution in [3.05, 3.63) is 67.5 Å². The highest BCUT2D eigenvalue weighted by Gasteiger charge is 2.39. The highest BCUT2D eigenvalue weighted by molar-refractivity contribution is 8.07. The Morgan fingerprint density at radius 3 is 2.46 bits per heavy atom. The van der Waals surface area contributed by atoms with Gasteiger partial charge in [-0.1, -0.05) is 53.0 Å². The number of ether oxygens (including phenoxy) is 2. The number of alkyl halides is 1. The van der Waals surface area contributed by atoms with Crippen LogP contribution in [0.1, 0.15) is 13.3 Å². The van der Waals surface area contributed by atoms with E-state index in [1.54, 1.807) is 30.3 Å². The zero-order valence-corrected chi connectivity index (χ0v) is 16.5. The first-order chi connectivity index (χ1) is 12.3. The van der Waals surface area contributed by atoms with Gasteiger partial charge in [-0.25, -0.2) is 0 Å². The van der Waals surface area contributed by atoms with Gasteiger partial charge in [0.05, 0.1) is 9.29 Å². The van der Waals surface area contributed by atoms with E-state index in [2.05, 4.69) is 0 Å². The topological polar surface area (TPSA) is 61.6 Å². The van der Waals surface area contributed by atoms with Gasteiger partial charge in [-0.15, -0.1) is 0 Å². The quantitative estimate of drug-likeness (QED) is 0.291. The van der Waals surface area contributed by atoms with Gasteiger partial charge in [-0.3, -0.25) is 10.1 Å². The summed E-state index contributed by atoms with van der Waals surface area (Å²) in [6.45, 7) is 1.85. The van der Waals surface area contributed by atoms with Gasteiger partial charge in [0.2, 0.25) is 10.1 Å². The number of halogens is 3. The van der Waals surface area contributed by atoms with Crippen LogP contribution in [0.2, 0.25) is 5.02 Å². The van der Waals surface area contributed by atoms with Crippen molar-refractivity contribution in [1.82, 2.24) is 0 Å². The van der Waals surface area contributed by atoms with Crippen molar-refractivity contribution in [2.75, 3.05) is 0 Å². The molecule has 1 atom stereocenters. The number of nitro benzene ring substituents is 1. The molecule has 136 valence electrons. The molecule has 0 spiro atoms. The van der Waals surface area contributed by atoms with E-state index in [4.69, 9.17) is 44.3 Å². The third kappa shape index (κ3) is 4.04. The fourth-order valence-electron chi connectivity index (χ4n) is 2.32. The second-order valence-corrected chi connectivity index (χ2v) is 8.58. The first-order valence-electron chi connectivity index (χ1n) is 7.41. The van der Waals surface area contributed by atoms with Crippen LogP contribution in [0.4, 0.5) is 5.69 Å². The van der Waals surface area contributed by atoms with Crippen LogP contribution in [-0.2, 0) is 0 Å². The van der Waals surface area contributed by atoms with E-state index in [9.17, 15) is 10.1 Å². The highest BCUT2D eigenvalue weighted by Crippen LogP contribution is 2.53. The Hall–Kier alpha value is -1.60. The van der Waals surface area contributed by atoms with Gasteiger partial charge in [0.15, 0.2) is 0 Å². The van der Waals surface area contributed by atoms with Crippen LogP contribution < -0.4 is 9.47 Å². The van der Waals surface area contributed by atoms with E-state index >= 15 is 0 Å². The minimum atomic E-state index is -1.16. The largest absolute Gasteiger partial charge is 0.460 e. The molecule has 1 aliphatic rings. The van der Waals surface area contributed by atoms with Crippen LogP contribution in [0, 0.1) is 10.1 Å². The number of rotatable bonds is 5. The molecule has 0 fully saturated rings. The number of benzene rings is 2. The fraction of sp³-hybridized carbons (Fsp3) is 0.176. The van der Waals surface area contributed by atoms with Gasteiger partial charge < -0.3 is 9.47 Å². The first-order valence-corrected chi connectivity index (χ1v) is 9.36. The molecular formula is C17H12Cl3NO4S. The van der Waals surface area contributed by atoms with Crippen LogP contribution in [0.15, 0.2) is 52.4 Å². The number of para-hydroxylation sites is 1. The van der Waals surface area contributed by atoms with E-state index in [0.29, 0.717) is 16.5 Å². The SMILES string of the molecule is CC1=C(Cl)SC(Cl)(Oc2ccc([N+](=O)[O-])c(Oc3ccccc3)c2Cl)C1. The third-order valence-corrected chi connectivity index (χ3v) is 5.93. The summed E-state index contributed by atoms with van der Waals surface area (Å²) < 4.78 is 10.8. The first kappa shape index (κ1) is 19.2. The number of thioether (sulfide) groups is 1. The molecule has 0 aromatic heterocycles. The summed E-state index contributed by atoms with van der Waals surface area (Å²) in [6.07, 6.45) is 0.389. The second-order valence-electron chi connectivity index (χ2n) is 5.49. The molecule has 2 aromatic rings. The average molecular weight is 433 g/mol. The fourth-order valence-corrected chi connectivity index (χ4v) is 4.56. The Morgan fingerprint density at radius 2 is 1.88 bits per heavy atom. The zero-order chi connectivity index (χ0) is 18.9. The van der Waals surface area contributed by atoms with Crippen LogP contribution in [-0.4, -0.2) is 9.32 Å². The van der Waals surface area contributed by atoms with Gasteiger partial charge in [0, 0.05) is 12.5 Å². The number of hydrogen-bond acceptors (Lipinski definition) is 5. The lowest BCUT2D eigenvalue weighted by atomic mass is 10.2. The summed E-state index contributed by atoms with van der Waals surface area (Å²) >= 11 is 20.1. The van der Waals surface area contributed by atoms with Crippen molar-refractivity contribution < 1.29 is 14.4 Å². The molecule has 9 heteroatoms. The summed E-state index contributed by atoms with van der Waals surface area (Å²) in [7, 11) is 0. The van der Waals surface area contributed by atoms with Gasteiger partial charge in [0.25, 0.3) is 0 Å². The van der Waals surface area contributed by atoms with Crippen LogP contribution in [0.25, 0.3) is 0 Å². The lowest BCUT2D eigenvalue weighted by Crippen LogP contribution is -2.22. The zero-order valence-electron chi connectivity index (χ0n) is 13.4. The molecule has 0 N–H and O–H groups in total. The Bertz CT molecular complexity index is 875. The highest BCUT2D eigenvalue weighted by atomic mass is 35.5. The molecule has 0 bridgehead atoms. The molecule has 0 radical (unpaired) electrons. The molecule has 2 aromatic carbocycles. The van der Waals surface area contributed by atoms with E-state index in [-0.39, 0.29) is 22.2 Å². The molecule has 26 heavy (non-hydrogen) atoms. The summed E-state index contributed by atoms with van der Waals surface area (Å²) in [5, 5.41) is 11.3. The maximum absolute atomic E-state index is 11.3. The van der Waals surface area contributed by atoms with Gasteiger partial charge in [-0.05, 0) is 42.5 Å². The molecular weight excluding hydrogens is 421 g/mol. The van der Waals surface area contributed by atoms with Gasteiger partial charge in [-0.2, -0.15) is 0 Å². The van der Waals surface area contributed by atoms with Crippen LogP contribution >= 0.6 is 46.6 Å². The molecule has 1 unspecified atom stereocenters. The molecule has 0 amide bonds. The maximum atomic E-state index is 11.3. The number of nitrogens with zero attached hydrogens (tertiary/aromatic N) is 1. The van der Waals surface area contributed by atoms with Crippen molar-refractivity contribution in [3.8, 4) is 17.2 Å². The monoisotopic (exact) mass is 431 g/mol. The number of nitro groups is 1. The molecule has 1 aliphatic heterocycles. The molecule has 0 saturated heterocycles. The van der Waals surface area contributed by atoms with E-state index < -0.39 is 9.32 Å². The molecule has 3 rings (SSSR count). The van der Waals surface area contributed by atoms with Crippen molar-refractivity contribution >= 4 is 52.3 Å². The Balaban J connectivity index is 1.95. The summed E-state index contributed by atoms with van der Waals surface area (Å²) in [6, 6.07) is 11.3. The number of hydrogen-bond donors (Lipinski definition) is 0. The standard InChI is InChI=1S/C17H12Cl3NO4S/c1-10-9-17(20,26-16(10)19)25-13-8-7-12(21(22)23)15(14(13)18)24-11-5-3-2-4-6-11/h2-8H,9H2,1H3. The van der Waals surface area contributed by atoms with Crippen molar-refractivity contribution in [1.29, 1.82) is 0 Å².